The van der Waals surface area contributed by atoms with Gasteiger partial charge in [-0.3, -0.25) is 9.78 Å². The summed E-state index contributed by atoms with van der Waals surface area (Å²) in [5, 5.41) is 6.01. The van der Waals surface area contributed by atoms with Gasteiger partial charge in [0.2, 0.25) is 0 Å². The number of azide groups is 1. The third-order valence-corrected chi connectivity index (χ3v) is 1.80. The van der Waals surface area contributed by atoms with Gasteiger partial charge >= 0.3 is 0 Å². The van der Waals surface area contributed by atoms with Crippen molar-refractivity contribution in [2.45, 2.75) is 13.3 Å². The lowest BCUT2D eigenvalue weighted by Gasteiger charge is -2.02. The van der Waals surface area contributed by atoms with Crippen LogP contribution in [0, 0.1) is 6.92 Å². The van der Waals surface area contributed by atoms with Gasteiger partial charge in [-0.1, -0.05) is 5.11 Å². The maximum absolute atomic E-state index is 11.5. The molecule has 1 aromatic heterocycles. The van der Waals surface area contributed by atoms with E-state index in [-0.39, 0.29) is 11.6 Å². The number of aryl methyl sites for hydroxylation is 1. The molecule has 0 radical (unpaired) electrons. The summed E-state index contributed by atoms with van der Waals surface area (Å²) >= 11 is 0. The van der Waals surface area contributed by atoms with Crippen molar-refractivity contribution >= 4 is 5.91 Å². The lowest BCUT2D eigenvalue weighted by molar-refractivity contribution is 0.0948. The van der Waals surface area contributed by atoms with Gasteiger partial charge in [0.1, 0.15) is 5.69 Å². The number of aromatic nitrogens is 2. The van der Waals surface area contributed by atoms with Crippen LogP contribution in [0.1, 0.15) is 22.6 Å². The highest BCUT2D eigenvalue weighted by Crippen LogP contribution is 1.93. The van der Waals surface area contributed by atoms with Crippen LogP contribution < -0.4 is 5.32 Å². The normalized spacial score (nSPS) is 9.31. The number of rotatable bonds is 5. The van der Waals surface area contributed by atoms with E-state index < -0.39 is 0 Å². The van der Waals surface area contributed by atoms with Crippen LogP contribution in [0.3, 0.4) is 0 Å². The first-order valence-electron chi connectivity index (χ1n) is 4.81. The molecule has 0 unspecified atom stereocenters. The Bertz CT molecular complexity index is 395. The summed E-state index contributed by atoms with van der Waals surface area (Å²) in [5.41, 5.74) is 9.08. The number of nitrogens with zero attached hydrogens (tertiary/aromatic N) is 5. The summed E-state index contributed by atoms with van der Waals surface area (Å²) in [4.78, 5) is 22.0. The number of hydrogen-bond donors (Lipinski definition) is 1. The molecule has 0 bridgehead atoms. The monoisotopic (exact) mass is 220 g/mol. The first-order valence-corrected chi connectivity index (χ1v) is 4.81. The van der Waals surface area contributed by atoms with Crippen LogP contribution in [0.5, 0.6) is 0 Å². The minimum atomic E-state index is -0.270. The molecule has 1 aromatic rings. The second kappa shape index (κ2) is 6.36. The minimum absolute atomic E-state index is 0.270. The molecule has 1 heterocycles. The van der Waals surface area contributed by atoms with Crippen molar-refractivity contribution in [3.63, 3.8) is 0 Å². The zero-order valence-corrected chi connectivity index (χ0v) is 8.92. The summed E-state index contributed by atoms with van der Waals surface area (Å²) in [6, 6.07) is 0. The van der Waals surface area contributed by atoms with Gasteiger partial charge < -0.3 is 5.32 Å². The quantitative estimate of drug-likeness (QED) is 0.349. The predicted octanol–water partition coefficient (Wildman–Crippen LogP) is 1.22. The van der Waals surface area contributed by atoms with Gasteiger partial charge in [0.15, 0.2) is 0 Å². The van der Waals surface area contributed by atoms with Crippen molar-refractivity contribution in [2.75, 3.05) is 13.1 Å². The molecule has 0 aliphatic rings. The van der Waals surface area contributed by atoms with Crippen LogP contribution in [-0.4, -0.2) is 29.0 Å². The maximum Gasteiger partial charge on any atom is 0.271 e. The van der Waals surface area contributed by atoms with Crippen LogP contribution in [0.15, 0.2) is 17.5 Å². The first kappa shape index (κ1) is 11.9. The fourth-order valence-corrected chi connectivity index (χ4v) is 0.997. The highest BCUT2D eigenvalue weighted by atomic mass is 16.1. The molecule has 84 valence electrons. The van der Waals surface area contributed by atoms with Crippen molar-refractivity contribution < 1.29 is 4.79 Å². The van der Waals surface area contributed by atoms with E-state index in [1.807, 2.05) is 0 Å². The summed E-state index contributed by atoms with van der Waals surface area (Å²) in [5.74, 6) is -0.270. The lowest BCUT2D eigenvalue weighted by atomic mass is 10.3. The average Bonchev–Trinajstić information content (AvgIpc) is 2.29. The van der Waals surface area contributed by atoms with Gasteiger partial charge in [0.25, 0.3) is 5.91 Å². The van der Waals surface area contributed by atoms with E-state index in [2.05, 4.69) is 25.3 Å². The highest BCUT2D eigenvalue weighted by Gasteiger charge is 2.05. The van der Waals surface area contributed by atoms with Gasteiger partial charge in [0.05, 0.1) is 11.9 Å². The van der Waals surface area contributed by atoms with Gasteiger partial charge in [-0.25, -0.2) is 4.98 Å². The van der Waals surface area contributed by atoms with Crippen LogP contribution in [0.25, 0.3) is 10.4 Å². The van der Waals surface area contributed by atoms with E-state index >= 15 is 0 Å². The van der Waals surface area contributed by atoms with Crippen LogP contribution >= 0.6 is 0 Å². The molecule has 0 aromatic carbocycles. The Morgan fingerprint density at radius 3 is 3.00 bits per heavy atom. The summed E-state index contributed by atoms with van der Waals surface area (Å²) < 4.78 is 0. The summed E-state index contributed by atoms with van der Waals surface area (Å²) in [7, 11) is 0. The Balaban J connectivity index is 2.35. The lowest BCUT2D eigenvalue weighted by Crippen LogP contribution is -2.25. The van der Waals surface area contributed by atoms with E-state index in [1.54, 1.807) is 6.92 Å². The second-order valence-corrected chi connectivity index (χ2v) is 3.11. The molecule has 1 rings (SSSR count). The number of hydrogen-bond acceptors (Lipinski definition) is 4. The molecule has 0 aliphatic carbocycles. The van der Waals surface area contributed by atoms with Crippen molar-refractivity contribution in [2.24, 2.45) is 5.11 Å². The smallest absolute Gasteiger partial charge is 0.271 e. The molecule has 16 heavy (non-hydrogen) atoms. The third kappa shape index (κ3) is 3.93. The third-order valence-electron chi connectivity index (χ3n) is 1.80. The molecule has 0 spiro atoms. The first-order chi connectivity index (χ1) is 7.74. The van der Waals surface area contributed by atoms with Gasteiger partial charge in [-0.15, -0.1) is 0 Å². The molecule has 7 nitrogen and oxygen atoms in total. The molecule has 7 heteroatoms. The van der Waals surface area contributed by atoms with Gasteiger partial charge in [-0.2, -0.15) is 0 Å². The minimum Gasteiger partial charge on any atom is -0.351 e. The number of carbonyl (C=O) groups excluding carboxylic acids is 1. The van der Waals surface area contributed by atoms with Crippen molar-refractivity contribution in [1.29, 1.82) is 0 Å². The zero-order valence-electron chi connectivity index (χ0n) is 8.92. The Kier molecular flexibility index (Phi) is 4.75. The summed E-state index contributed by atoms with van der Waals surface area (Å²) in [6.07, 6.45) is 3.57. The second-order valence-electron chi connectivity index (χ2n) is 3.11. The fraction of sp³-hybridized carbons (Fsp3) is 0.444. The fourth-order valence-electron chi connectivity index (χ4n) is 0.997. The van der Waals surface area contributed by atoms with E-state index in [9.17, 15) is 4.79 Å². The maximum atomic E-state index is 11.5. The SMILES string of the molecule is Cc1cnc(C(=O)NCCCN=[N+]=[N-])cn1. The van der Waals surface area contributed by atoms with E-state index in [1.165, 1.54) is 12.4 Å². The summed E-state index contributed by atoms with van der Waals surface area (Å²) in [6.45, 7) is 2.62. The molecule has 0 saturated heterocycles. The van der Waals surface area contributed by atoms with Crippen LogP contribution in [0.2, 0.25) is 0 Å². The van der Waals surface area contributed by atoms with Gasteiger partial charge in [0, 0.05) is 24.2 Å². The molecule has 0 aliphatic heterocycles. The van der Waals surface area contributed by atoms with Crippen molar-refractivity contribution in [3.8, 4) is 0 Å². The Morgan fingerprint density at radius 1 is 1.56 bits per heavy atom. The Morgan fingerprint density at radius 2 is 2.38 bits per heavy atom. The van der Waals surface area contributed by atoms with Crippen molar-refractivity contribution in [1.82, 2.24) is 15.3 Å². The standard InChI is InChI=1S/C9H12N6O/c1-7-5-13-8(6-12-7)9(16)11-3-2-4-14-15-10/h5-6H,2-4H2,1H3,(H,11,16). The van der Waals surface area contributed by atoms with Crippen molar-refractivity contribution in [3.05, 3.63) is 34.2 Å². The average molecular weight is 220 g/mol. The number of carbonyl (C=O) groups is 1. The molecule has 0 fully saturated rings. The van der Waals surface area contributed by atoms with Crippen LogP contribution in [-0.2, 0) is 0 Å². The molecule has 0 saturated carbocycles. The molecular weight excluding hydrogens is 208 g/mol. The number of amides is 1. The molecular formula is C9H12N6O. The van der Waals surface area contributed by atoms with E-state index in [0.717, 1.165) is 5.69 Å². The van der Waals surface area contributed by atoms with E-state index in [0.29, 0.717) is 19.5 Å². The predicted molar refractivity (Wildman–Crippen MR) is 57.7 cm³/mol. The molecule has 1 N–H and O–H groups in total. The zero-order chi connectivity index (χ0) is 11.8. The topological polar surface area (TPSA) is 104 Å². The number of nitrogens with one attached hydrogen (secondary N) is 1. The Labute approximate surface area is 92.5 Å². The van der Waals surface area contributed by atoms with E-state index in [4.69, 9.17) is 5.53 Å². The van der Waals surface area contributed by atoms with Gasteiger partial charge in [-0.05, 0) is 18.9 Å². The molecule has 1 amide bonds. The Hall–Kier alpha value is -2.14. The molecule has 0 atom stereocenters. The largest absolute Gasteiger partial charge is 0.351 e. The highest BCUT2D eigenvalue weighted by molar-refractivity contribution is 5.91. The van der Waals surface area contributed by atoms with Crippen LogP contribution in [0.4, 0.5) is 0 Å².